The van der Waals surface area contributed by atoms with Crippen LogP contribution in [0.25, 0.3) is 0 Å². The molecule has 27 heavy (non-hydrogen) atoms. The highest BCUT2D eigenvalue weighted by molar-refractivity contribution is 7.99. The van der Waals surface area contributed by atoms with Gasteiger partial charge in [-0.1, -0.05) is 32.5 Å². The van der Waals surface area contributed by atoms with Crippen molar-refractivity contribution >= 4 is 29.3 Å². The van der Waals surface area contributed by atoms with Crippen LogP contribution in [0.2, 0.25) is 0 Å². The zero-order chi connectivity index (χ0) is 19.8. The fourth-order valence-corrected chi connectivity index (χ4v) is 3.27. The zero-order valence-electron chi connectivity index (χ0n) is 16.2. The van der Waals surface area contributed by atoms with Gasteiger partial charge < -0.3 is 14.6 Å². The molecule has 146 valence electrons. The number of rotatable bonds is 9. The van der Waals surface area contributed by atoms with Crippen molar-refractivity contribution in [3.63, 3.8) is 0 Å². The summed E-state index contributed by atoms with van der Waals surface area (Å²) in [6.07, 6.45) is 0.977. The number of carbonyl (C=O) groups is 2. The second-order valence-corrected chi connectivity index (χ2v) is 7.22. The van der Waals surface area contributed by atoms with Gasteiger partial charge in [0.05, 0.1) is 17.9 Å². The molecule has 0 aliphatic carbocycles. The molecule has 1 aromatic carbocycles. The van der Waals surface area contributed by atoms with Crippen LogP contribution in [0.5, 0.6) is 0 Å². The Morgan fingerprint density at radius 1 is 1.19 bits per heavy atom. The Kier molecular flexibility index (Phi) is 7.84. The molecule has 1 heterocycles. The minimum atomic E-state index is -0.373. The first-order valence-electron chi connectivity index (χ1n) is 9.09. The molecular formula is C19H26N4O3S. The van der Waals surface area contributed by atoms with Crippen molar-refractivity contribution in [1.29, 1.82) is 0 Å². The smallest absolute Gasteiger partial charge is 0.338 e. The van der Waals surface area contributed by atoms with Crippen molar-refractivity contribution in [1.82, 2.24) is 14.8 Å². The maximum atomic E-state index is 12.2. The second-order valence-electron chi connectivity index (χ2n) is 6.28. The Hall–Kier alpha value is -2.35. The van der Waals surface area contributed by atoms with Crippen molar-refractivity contribution < 1.29 is 14.3 Å². The monoisotopic (exact) mass is 390 g/mol. The number of benzene rings is 1. The average molecular weight is 391 g/mol. The highest BCUT2D eigenvalue weighted by atomic mass is 32.2. The lowest BCUT2D eigenvalue weighted by molar-refractivity contribution is -0.113. The van der Waals surface area contributed by atoms with Gasteiger partial charge in [0.25, 0.3) is 0 Å². The number of anilines is 1. The highest BCUT2D eigenvalue weighted by Crippen LogP contribution is 2.22. The van der Waals surface area contributed by atoms with E-state index >= 15 is 0 Å². The predicted molar refractivity (Wildman–Crippen MR) is 106 cm³/mol. The lowest BCUT2D eigenvalue weighted by atomic mass is 10.2. The van der Waals surface area contributed by atoms with Crippen LogP contribution in [-0.4, -0.2) is 39.0 Å². The van der Waals surface area contributed by atoms with Crippen LogP contribution >= 0.6 is 11.8 Å². The maximum absolute atomic E-state index is 12.2. The fraction of sp³-hybridized carbons (Fsp3) is 0.474. The number of nitrogens with one attached hydrogen (secondary N) is 1. The van der Waals surface area contributed by atoms with E-state index in [0.717, 1.165) is 23.9 Å². The molecule has 0 bridgehead atoms. The minimum absolute atomic E-state index is 0.138. The van der Waals surface area contributed by atoms with Gasteiger partial charge in [0, 0.05) is 18.2 Å². The van der Waals surface area contributed by atoms with Crippen LogP contribution in [0.1, 0.15) is 56.2 Å². The number of esters is 1. The number of ether oxygens (including phenoxy) is 1. The molecule has 1 amide bonds. The molecule has 0 aliphatic heterocycles. The first-order valence-corrected chi connectivity index (χ1v) is 10.1. The molecule has 0 radical (unpaired) electrons. The maximum Gasteiger partial charge on any atom is 0.338 e. The first-order chi connectivity index (χ1) is 13.0. The van der Waals surface area contributed by atoms with Gasteiger partial charge in [0.1, 0.15) is 5.82 Å². The molecule has 7 nitrogen and oxygen atoms in total. The fourth-order valence-electron chi connectivity index (χ4n) is 2.50. The van der Waals surface area contributed by atoms with E-state index < -0.39 is 0 Å². The van der Waals surface area contributed by atoms with E-state index in [-0.39, 0.29) is 23.5 Å². The van der Waals surface area contributed by atoms with Gasteiger partial charge in [-0.3, -0.25) is 4.79 Å². The van der Waals surface area contributed by atoms with Crippen LogP contribution in [0.4, 0.5) is 5.69 Å². The van der Waals surface area contributed by atoms with Crippen LogP contribution < -0.4 is 5.32 Å². The van der Waals surface area contributed by atoms with Crippen molar-refractivity contribution in [2.45, 2.75) is 51.7 Å². The average Bonchev–Trinajstić information content (AvgIpc) is 3.04. The van der Waals surface area contributed by atoms with E-state index in [1.54, 1.807) is 31.2 Å². The summed E-state index contributed by atoms with van der Waals surface area (Å²) in [5, 5.41) is 12.1. The van der Waals surface area contributed by atoms with E-state index in [1.807, 2.05) is 0 Å². The zero-order valence-corrected chi connectivity index (χ0v) is 17.0. The summed E-state index contributed by atoms with van der Waals surface area (Å²) in [7, 11) is 0. The number of carbonyl (C=O) groups excluding carboxylic acids is 2. The molecular weight excluding hydrogens is 364 g/mol. The third-order valence-corrected chi connectivity index (χ3v) is 4.69. The molecule has 1 aromatic heterocycles. The summed E-state index contributed by atoms with van der Waals surface area (Å²) in [5.74, 6) is 0.946. The molecule has 2 aromatic rings. The van der Waals surface area contributed by atoms with Crippen molar-refractivity contribution in [3.8, 4) is 0 Å². The second kappa shape index (κ2) is 10.1. The number of amides is 1. The Labute approximate surface area is 163 Å². The van der Waals surface area contributed by atoms with Gasteiger partial charge in [-0.15, -0.1) is 10.2 Å². The van der Waals surface area contributed by atoms with E-state index in [2.05, 4.69) is 40.9 Å². The van der Waals surface area contributed by atoms with Gasteiger partial charge >= 0.3 is 5.97 Å². The number of hydrogen-bond donors (Lipinski definition) is 1. The Morgan fingerprint density at radius 3 is 2.48 bits per heavy atom. The Balaban J connectivity index is 1.94. The normalized spacial score (nSPS) is 10.9. The largest absolute Gasteiger partial charge is 0.462 e. The van der Waals surface area contributed by atoms with E-state index in [4.69, 9.17) is 4.74 Å². The molecule has 0 saturated heterocycles. The van der Waals surface area contributed by atoms with E-state index in [0.29, 0.717) is 17.9 Å². The SMILES string of the molecule is CCCn1c(SCC(=O)Nc2ccc(C(=O)OCC)cc2)nnc1C(C)C. The molecule has 2 rings (SSSR count). The Bertz CT molecular complexity index is 772. The van der Waals surface area contributed by atoms with Gasteiger partial charge in [-0.2, -0.15) is 0 Å². The molecule has 0 aliphatic rings. The molecule has 0 atom stereocenters. The van der Waals surface area contributed by atoms with Gasteiger partial charge in [0.15, 0.2) is 5.16 Å². The van der Waals surface area contributed by atoms with E-state index in [9.17, 15) is 9.59 Å². The van der Waals surface area contributed by atoms with Crippen LogP contribution in [0, 0.1) is 0 Å². The molecule has 1 N–H and O–H groups in total. The lowest BCUT2D eigenvalue weighted by Gasteiger charge is -2.10. The molecule has 0 unspecified atom stereocenters. The highest BCUT2D eigenvalue weighted by Gasteiger charge is 2.16. The summed E-state index contributed by atoms with van der Waals surface area (Å²) in [4.78, 5) is 23.9. The quantitative estimate of drug-likeness (QED) is 0.519. The summed E-state index contributed by atoms with van der Waals surface area (Å²) >= 11 is 1.37. The third kappa shape index (κ3) is 5.82. The summed E-state index contributed by atoms with van der Waals surface area (Å²) < 4.78 is 7.02. The molecule has 0 saturated carbocycles. The summed E-state index contributed by atoms with van der Waals surface area (Å²) in [6.45, 7) is 9.19. The van der Waals surface area contributed by atoms with Crippen LogP contribution in [0.15, 0.2) is 29.4 Å². The molecule has 0 spiro atoms. The van der Waals surface area contributed by atoms with Gasteiger partial charge in [0.2, 0.25) is 5.91 Å². The van der Waals surface area contributed by atoms with Crippen LogP contribution in [0.3, 0.4) is 0 Å². The summed E-state index contributed by atoms with van der Waals surface area (Å²) in [6, 6.07) is 6.64. The topological polar surface area (TPSA) is 86.1 Å². The van der Waals surface area contributed by atoms with E-state index in [1.165, 1.54) is 11.8 Å². The van der Waals surface area contributed by atoms with Gasteiger partial charge in [-0.25, -0.2) is 4.79 Å². The number of nitrogens with zero attached hydrogens (tertiary/aromatic N) is 3. The van der Waals surface area contributed by atoms with Crippen molar-refractivity contribution in [3.05, 3.63) is 35.7 Å². The number of hydrogen-bond acceptors (Lipinski definition) is 6. The third-order valence-electron chi connectivity index (χ3n) is 3.72. The van der Waals surface area contributed by atoms with Gasteiger partial charge in [-0.05, 0) is 37.6 Å². The minimum Gasteiger partial charge on any atom is -0.462 e. The first kappa shape index (κ1) is 21.0. The number of thioether (sulfide) groups is 1. The Morgan fingerprint density at radius 2 is 1.89 bits per heavy atom. The predicted octanol–water partition coefficient (Wildman–Crippen LogP) is 3.72. The standard InChI is InChI=1S/C19H26N4O3S/c1-5-11-23-17(13(3)4)21-22-19(23)27-12-16(24)20-15-9-7-14(8-10-15)18(25)26-6-2/h7-10,13H,5-6,11-12H2,1-4H3,(H,20,24). The lowest BCUT2D eigenvalue weighted by Crippen LogP contribution is -2.15. The van der Waals surface area contributed by atoms with Crippen molar-refractivity contribution in [2.75, 3.05) is 17.7 Å². The van der Waals surface area contributed by atoms with Crippen molar-refractivity contribution in [2.24, 2.45) is 0 Å². The number of aromatic nitrogens is 3. The molecule has 8 heteroatoms. The van der Waals surface area contributed by atoms with Crippen LogP contribution in [-0.2, 0) is 16.1 Å². The summed E-state index contributed by atoms with van der Waals surface area (Å²) in [5.41, 5.74) is 1.09. The molecule has 0 fully saturated rings.